The van der Waals surface area contributed by atoms with Crippen LogP contribution >= 0.6 is 11.8 Å². The van der Waals surface area contributed by atoms with Crippen molar-refractivity contribution in [3.63, 3.8) is 0 Å². The number of carbonyl (C=O) groups is 1. The number of tetrazole rings is 1. The van der Waals surface area contributed by atoms with E-state index in [1.807, 2.05) is 12.1 Å². The first-order valence-corrected chi connectivity index (χ1v) is 7.89. The Morgan fingerprint density at radius 2 is 2.22 bits per heavy atom. The average molecular weight is 330 g/mol. The van der Waals surface area contributed by atoms with Crippen LogP contribution in [-0.4, -0.2) is 43.4 Å². The molecule has 0 spiro atoms. The van der Waals surface area contributed by atoms with Crippen molar-refractivity contribution < 1.29 is 4.79 Å². The number of nitrogens with one attached hydrogen (secondary N) is 2. The molecule has 118 valence electrons. The summed E-state index contributed by atoms with van der Waals surface area (Å²) in [5.41, 5.74) is 0.716. The highest BCUT2D eigenvalue weighted by Gasteiger charge is 2.11. The molecule has 0 atom stereocenters. The molecule has 0 bridgehead atoms. The number of para-hydroxylation sites is 1. The number of aromatic amines is 1. The lowest BCUT2D eigenvalue weighted by Gasteiger charge is -2.07. The van der Waals surface area contributed by atoms with Crippen LogP contribution in [0.2, 0.25) is 0 Å². The second-order valence-corrected chi connectivity index (χ2v) is 5.84. The third kappa shape index (κ3) is 3.39. The van der Waals surface area contributed by atoms with Crippen LogP contribution in [0.25, 0.3) is 10.9 Å². The number of amides is 1. The molecule has 0 saturated carbocycles. The summed E-state index contributed by atoms with van der Waals surface area (Å²) in [7, 11) is 1.75. The Balaban J connectivity index is 1.67. The number of aromatic nitrogens is 5. The molecule has 0 aliphatic carbocycles. The minimum Gasteiger partial charge on any atom is -0.351 e. The van der Waals surface area contributed by atoms with Crippen molar-refractivity contribution in [3.05, 3.63) is 46.2 Å². The number of hydrogen-bond acceptors (Lipinski definition) is 6. The van der Waals surface area contributed by atoms with E-state index in [-0.39, 0.29) is 11.5 Å². The van der Waals surface area contributed by atoms with Gasteiger partial charge >= 0.3 is 0 Å². The fraction of sp³-hybridized carbons (Fsp3) is 0.214. The van der Waals surface area contributed by atoms with Gasteiger partial charge in [0.25, 0.3) is 5.91 Å². The van der Waals surface area contributed by atoms with Crippen molar-refractivity contribution in [1.29, 1.82) is 0 Å². The van der Waals surface area contributed by atoms with Gasteiger partial charge in [-0.1, -0.05) is 30.0 Å². The van der Waals surface area contributed by atoms with Crippen LogP contribution in [0.1, 0.15) is 10.4 Å². The van der Waals surface area contributed by atoms with Gasteiger partial charge in [-0.15, -0.1) is 5.10 Å². The number of H-pyrrole nitrogens is 1. The summed E-state index contributed by atoms with van der Waals surface area (Å²) in [4.78, 5) is 26.7. The quantitative estimate of drug-likeness (QED) is 0.523. The van der Waals surface area contributed by atoms with E-state index in [2.05, 4.69) is 25.8 Å². The number of benzene rings is 1. The Hall–Kier alpha value is -2.68. The highest BCUT2D eigenvalue weighted by atomic mass is 32.2. The molecule has 1 aromatic carbocycles. The third-order valence-corrected chi connectivity index (χ3v) is 4.21. The van der Waals surface area contributed by atoms with Crippen molar-refractivity contribution in [1.82, 2.24) is 30.5 Å². The normalized spacial score (nSPS) is 10.8. The van der Waals surface area contributed by atoms with E-state index < -0.39 is 0 Å². The first kappa shape index (κ1) is 15.2. The van der Waals surface area contributed by atoms with E-state index in [1.54, 1.807) is 23.9 Å². The van der Waals surface area contributed by atoms with Crippen molar-refractivity contribution in [3.8, 4) is 0 Å². The average Bonchev–Trinajstić information content (AvgIpc) is 2.95. The first-order valence-electron chi connectivity index (χ1n) is 6.90. The topological polar surface area (TPSA) is 106 Å². The molecule has 23 heavy (non-hydrogen) atoms. The Morgan fingerprint density at radius 3 is 3.00 bits per heavy atom. The summed E-state index contributed by atoms with van der Waals surface area (Å²) < 4.78 is 1.57. The molecule has 2 aromatic heterocycles. The van der Waals surface area contributed by atoms with Crippen LogP contribution in [0.3, 0.4) is 0 Å². The smallest absolute Gasteiger partial charge is 0.252 e. The number of nitrogens with zero attached hydrogens (tertiary/aromatic N) is 4. The monoisotopic (exact) mass is 330 g/mol. The Bertz CT molecular complexity index is 903. The van der Waals surface area contributed by atoms with Crippen LogP contribution in [0.15, 0.2) is 40.3 Å². The summed E-state index contributed by atoms with van der Waals surface area (Å²) in [5, 5.41) is 15.3. The Kier molecular flexibility index (Phi) is 4.38. The van der Waals surface area contributed by atoms with Gasteiger partial charge in [0.1, 0.15) is 0 Å². The molecule has 8 nitrogen and oxygen atoms in total. The van der Waals surface area contributed by atoms with E-state index in [0.717, 1.165) is 5.39 Å². The zero-order valence-electron chi connectivity index (χ0n) is 12.3. The molecule has 0 aliphatic heterocycles. The summed E-state index contributed by atoms with van der Waals surface area (Å²) in [6.07, 6.45) is 0. The summed E-state index contributed by atoms with van der Waals surface area (Å²) >= 11 is 1.44. The van der Waals surface area contributed by atoms with E-state index >= 15 is 0 Å². The first-order chi connectivity index (χ1) is 11.1. The molecular weight excluding hydrogens is 316 g/mol. The minimum atomic E-state index is -0.298. The molecule has 2 heterocycles. The summed E-state index contributed by atoms with van der Waals surface area (Å²) in [6.45, 7) is 0.442. The maximum Gasteiger partial charge on any atom is 0.252 e. The molecule has 3 rings (SSSR count). The molecule has 2 N–H and O–H groups in total. The molecule has 3 aromatic rings. The zero-order chi connectivity index (χ0) is 16.2. The SMILES string of the molecule is Cn1nnnc1SCCNC(=O)c1cc(=O)[nH]c2ccccc12. The van der Waals surface area contributed by atoms with Gasteiger partial charge in [0.15, 0.2) is 0 Å². The van der Waals surface area contributed by atoms with Gasteiger partial charge < -0.3 is 10.3 Å². The van der Waals surface area contributed by atoms with Crippen molar-refractivity contribution in [2.24, 2.45) is 7.05 Å². The van der Waals surface area contributed by atoms with Crippen LogP contribution in [0.4, 0.5) is 0 Å². The second-order valence-electron chi connectivity index (χ2n) is 4.78. The van der Waals surface area contributed by atoms with Gasteiger partial charge in [0, 0.05) is 36.3 Å². The lowest BCUT2D eigenvalue weighted by atomic mass is 10.1. The second kappa shape index (κ2) is 6.61. The summed E-state index contributed by atoms with van der Waals surface area (Å²) in [5.74, 6) is 0.352. The maximum absolute atomic E-state index is 12.3. The van der Waals surface area contributed by atoms with Crippen LogP contribution in [0.5, 0.6) is 0 Å². The van der Waals surface area contributed by atoms with Gasteiger partial charge in [-0.3, -0.25) is 9.59 Å². The van der Waals surface area contributed by atoms with Crippen LogP contribution < -0.4 is 10.9 Å². The highest BCUT2D eigenvalue weighted by Crippen LogP contribution is 2.15. The summed E-state index contributed by atoms with van der Waals surface area (Å²) in [6, 6.07) is 8.53. The lowest BCUT2D eigenvalue weighted by Crippen LogP contribution is -2.27. The number of fused-ring (bicyclic) bond motifs is 1. The minimum absolute atomic E-state index is 0.274. The number of pyridine rings is 1. The van der Waals surface area contributed by atoms with E-state index in [4.69, 9.17) is 0 Å². The molecule has 1 amide bonds. The molecule has 0 saturated heterocycles. The number of thioether (sulfide) groups is 1. The number of carbonyl (C=O) groups excluding carboxylic acids is 1. The highest BCUT2D eigenvalue weighted by molar-refractivity contribution is 7.99. The van der Waals surface area contributed by atoms with E-state index in [1.165, 1.54) is 17.8 Å². The van der Waals surface area contributed by atoms with Gasteiger partial charge in [-0.25, -0.2) is 4.68 Å². The molecule has 0 fully saturated rings. The lowest BCUT2D eigenvalue weighted by molar-refractivity contribution is 0.0957. The van der Waals surface area contributed by atoms with Gasteiger partial charge in [0.2, 0.25) is 10.7 Å². The number of aryl methyl sites for hydroxylation is 1. The molecule has 0 radical (unpaired) electrons. The number of hydrogen-bond donors (Lipinski definition) is 2. The van der Waals surface area contributed by atoms with Crippen molar-refractivity contribution in [2.75, 3.05) is 12.3 Å². The van der Waals surface area contributed by atoms with Crippen LogP contribution in [0, 0.1) is 0 Å². The maximum atomic E-state index is 12.3. The van der Waals surface area contributed by atoms with E-state index in [0.29, 0.717) is 28.5 Å². The predicted molar refractivity (Wildman–Crippen MR) is 86.4 cm³/mol. The van der Waals surface area contributed by atoms with Gasteiger partial charge in [0.05, 0.1) is 5.56 Å². The Morgan fingerprint density at radius 1 is 1.39 bits per heavy atom. The fourth-order valence-corrected chi connectivity index (χ4v) is 2.84. The molecule has 9 heteroatoms. The van der Waals surface area contributed by atoms with E-state index in [9.17, 15) is 9.59 Å². The standard InChI is InChI=1S/C14H14N6O2S/c1-20-14(17-18-19-20)23-7-6-15-13(22)10-8-12(21)16-11-5-3-2-4-9(10)11/h2-5,8H,6-7H2,1H3,(H,15,22)(H,16,21). The molecular formula is C14H14N6O2S. The molecule has 0 unspecified atom stereocenters. The third-order valence-electron chi connectivity index (χ3n) is 3.20. The zero-order valence-corrected chi connectivity index (χ0v) is 13.1. The molecule has 0 aliphatic rings. The van der Waals surface area contributed by atoms with Crippen molar-refractivity contribution in [2.45, 2.75) is 5.16 Å². The fourth-order valence-electron chi connectivity index (χ4n) is 2.14. The van der Waals surface area contributed by atoms with Gasteiger partial charge in [-0.05, 0) is 16.5 Å². The Labute approximate surface area is 135 Å². The van der Waals surface area contributed by atoms with Crippen LogP contribution in [-0.2, 0) is 7.05 Å². The van der Waals surface area contributed by atoms with Gasteiger partial charge in [-0.2, -0.15) is 0 Å². The predicted octanol–water partition coefficient (Wildman–Crippen LogP) is 0.574. The number of rotatable bonds is 5. The van der Waals surface area contributed by atoms with Crippen molar-refractivity contribution >= 4 is 28.6 Å². The largest absolute Gasteiger partial charge is 0.351 e.